The van der Waals surface area contributed by atoms with E-state index in [0.717, 1.165) is 37.6 Å². The molecular weight excluding hydrogens is 300 g/mol. The molecule has 0 spiro atoms. The number of nitrogens with one attached hydrogen (secondary N) is 1. The number of hydrogen-bond acceptors (Lipinski definition) is 5. The molecule has 0 unspecified atom stereocenters. The number of methoxy groups -OCH3 is 1. The van der Waals surface area contributed by atoms with Crippen LogP contribution in [0.3, 0.4) is 0 Å². The van der Waals surface area contributed by atoms with Crippen molar-refractivity contribution in [2.45, 2.75) is 19.3 Å². The molecular formula is C19H32N4O. The number of likely N-dealkylation sites (tertiary alicyclic amines) is 1. The van der Waals surface area contributed by atoms with Crippen molar-refractivity contribution in [3.63, 3.8) is 0 Å². The highest BCUT2D eigenvalue weighted by atomic mass is 16.5. The van der Waals surface area contributed by atoms with Gasteiger partial charge in [-0.2, -0.15) is 0 Å². The Morgan fingerprint density at radius 2 is 1.62 bits per heavy atom. The maximum Gasteiger partial charge on any atom is 0.144 e. The van der Waals surface area contributed by atoms with Gasteiger partial charge in [-0.3, -0.25) is 4.90 Å². The fraction of sp³-hybridized carbons (Fsp3) is 0.684. The lowest BCUT2D eigenvalue weighted by atomic mass is 10.2. The Labute approximate surface area is 146 Å². The smallest absolute Gasteiger partial charge is 0.144 e. The summed E-state index contributed by atoms with van der Waals surface area (Å²) in [6, 6.07) is 6.45. The molecule has 5 heteroatoms. The fourth-order valence-electron chi connectivity index (χ4n) is 3.84. The first-order chi connectivity index (χ1) is 11.8. The molecule has 0 aromatic heterocycles. The van der Waals surface area contributed by atoms with Gasteiger partial charge in [0.15, 0.2) is 0 Å². The summed E-state index contributed by atoms with van der Waals surface area (Å²) in [6.07, 6.45) is 4.10. The Morgan fingerprint density at radius 1 is 0.958 bits per heavy atom. The highest BCUT2D eigenvalue weighted by Gasteiger charge is 2.18. The molecule has 0 amide bonds. The summed E-state index contributed by atoms with van der Waals surface area (Å²) < 4.78 is 5.49. The van der Waals surface area contributed by atoms with E-state index in [9.17, 15) is 0 Å². The van der Waals surface area contributed by atoms with Crippen LogP contribution >= 0.6 is 0 Å². The SMILES string of the molecule is CNc1ccc(N2CCN(CCCN3CCCC3)CC2)cc1OC. The van der Waals surface area contributed by atoms with Crippen molar-refractivity contribution >= 4 is 11.4 Å². The molecule has 24 heavy (non-hydrogen) atoms. The van der Waals surface area contributed by atoms with E-state index in [1.807, 2.05) is 7.05 Å². The zero-order chi connectivity index (χ0) is 16.8. The summed E-state index contributed by atoms with van der Waals surface area (Å²) in [5.41, 5.74) is 2.31. The van der Waals surface area contributed by atoms with Gasteiger partial charge in [0.25, 0.3) is 0 Å². The first-order valence-corrected chi connectivity index (χ1v) is 9.35. The minimum Gasteiger partial charge on any atom is -0.495 e. The van der Waals surface area contributed by atoms with Gasteiger partial charge >= 0.3 is 0 Å². The summed E-state index contributed by atoms with van der Waals surface area (Å²) in [6.45, 7) is 9.69. The van der Waals surface area contributed by atoms with Crippen LogP contribution in [0.5, 0.6) is 5.75 Å². The summed E-state index contributed by atoms with van der Waals surface area (Å²) in [4.78, 5) is 7.70. The van der Waals surface area contributed by atoms with E-state index in [4.69, 9.17) is 4.74 Å². The van der Waals surface area contributed by atoms with E-state index >= 15 is 0 Å². The van der Waals surface area contributed by atoms with E-state index in [1.54, 1.807) is 7.11 Å². The van der Waals surface area contributed by atoms with Gasteiger partial charge in [0.05, 0.1) is 12.8 Å². The van der Waals surface area contributed by atoms with E-state index in [0.29, 0.717) is 0 Å². The Bertz CT molecular complexity index is 508. The van der Waals surface area contributed by atoms with Crippen LogP contribution in [-0.4, -0.2) is 76.3 Å². The van der Waals surface area contributed by atoms with Gasteiger partial charge in [-0.1, -0.05) is 0 Å². The van der Waals surface area contributed by atoms with Crippen molar-refractivity contribution < 1.29 is 4.74 Å². The maximum atomic E-state index is 5.49. The van der Waals surface area contributed by atoms with Crippen molar-refractivity contribution in [2.24, 2.45) is 0 Å². The first kappa shape index (κ1) is 17.4. The number of nitrogens with zero attached hydrogens (tertiary/aromatic N) is 3. The number of piperazine rings is 1. The molecule has 2 heterocycles. The molecule has 1 N–H and O–H groups in total. The number of ether oxygens (including phenoxy) is 1. The van der Waals surface area contributed by atoms with Crippen LogP contribution in [0.15, 0.2) is 18.2 Å². The summed E-state index contributed by atoms with van der Waals surface area (Å²) in [7, 11) is 3.66. The largest absolute Gasteiger partial charge is 0.495 e. The summed E-state index contributed by atoms with van der Waals surface area (Å²) in [5.74, 6) is 0.919. The van der Waals surface area contributed by atoms with Gasteiger partial charge in [0.2, 0.25) is 0 Å². The van der Waals surface area contributed by atoms with E-state index in [2.05, 4.69) is 38.2 Å². The normalized spacial score (nSPS) is 19.7. The summed E-state index contributed by atoms with van der Waals surface area (Å²) in [5, 5.41) is 3.17. The number of anilines is 2. The van der Waals surface area contributed by atoms with Gasteiger partial charge in [-0.15, -0.1) is 0 Å². The molecule has 2 aliphatic heterocycles. The van der Waals surface area contributed by atoms with Crippen molar-refractivity contribution in [1.29, 1.82) is 0 Å². The Hall–Kier alpha value is -1.46. The van der Waals surface area contributed by atoms with Crippen LogP contribution in [0.2, 0.25) is 0 Å². The highest BCUT2D eigenvalue weighted by Crippen LogP contribution is 2.29. The topological polar surface area (TPSA) is 31.0 Å². The van der Waals surface area contributed by atoms with Crippen molar-refractivity contribution in [3.05, 3.63) is 18.2 Å². The second-order valence-electron chi connectivity index (χ2n) is 6.87. The minimum absolute atomic E-state index is 0.919. The molecule has 1 aromatic carbocycles. The van der Waals surface area contributed by atoms with Gasteiger partial charge in [-0.25, -0.2) is 0 Å². The van der Waals surface area contributed by atoms with Gasteiger partial charge in [0.1, 0.15) is 5.75 Å². The second-order valence-corrected chi connectivity index (χ2v) is 6.87. The molecule has 0 bridgehead atoms. The molecule has 2 aliphatic rings. The van der Waals surface area contributed by atoms with Gasteiger partial charge in [-0.05, 0) is 57.6 Å². The lowest BCUT2D eigenvalue weighted by Crippen LogP contribution is -2.47. The van der Waals surface area contributed by atoms with Gasteiger partial charge < -0.3 is 19.9 Å². The molecule has 3 rings (SSSR count). The minimum atomic E-state index is 0.919. The van der Waals surface area contributed by atoms with Crippen molar-refractivity contribution in [3.8, 4) is 5.75 Å². The summed E-state index contributed by atoms with van der Waals surface area (Å²) >= 11 is 0. The van der Waals surface area contributed by atoms with Gasteiger partial charge in [0, 0.05) is 45.0 Å². The molecule has 5 nitrogen and oxygen atoms in total. The number of hydrogen-bond donors (Lipinski definition) is 1. The molecule has 0 saturated carbocycles. The van der Waals surface area contributed by atoms with Crippen molar-refractivity contribution in [1.82, 2.24) is 9.80 Å². The van der Waals surface area contributed by atoms with Crippen LogP contribution in [0.4, 0.5) is 11.4 Å². The Balaban J connectivity index is 1.44. The fourth-order valence-corrected chi connectivity index (χ4v) is 3.84. The zero-order valence-electron chi connectivity index (χ0n) is 15.3. The highest BCUT2D eigenvalue weighted by molar-refractivity contribution is 5.64. The molecule has 2 fully saturated rings. The third-order valence-corrected chi connectivity index (χ3v) is 5.34. The predicted molar refractivity (Wildman–Crippen MR) is 101 cm³/mol. The zero-order valence-corrected chi connectivity index (χ0v) is 15.3. The number of rotatable bonds is 7. The second kappa shape index (κ2) is 8.58. The van der Waals surface area contributed by atoms with Crippen LogP contribution in [0, 0.1) is 0 Å². The van der Waals surface area contributed by atoms with Crippen molar-refractivity contribution in [2.75, 3.05) is 76.7 Å². The standard InChI is InChI=1S/C19H32N4O/c1-20-18-7-6-17(16-19(18)24-2)23-14-12-22(13-15-23)11-5-10-21-8-3-4-9-21/h6-7,16,20H,3-5,8-15H2,1-2H3. The average Bonchev–Trinajstić information content (AvgIpc) is 3.15. The lowest BCUT2D eigenvalue weighted by molar-refractivity contribution is 0.234. The monoisotopic (exact) mass is 332 g/mol. The molecule has 2 saturated heterocycles. The van der Waals surface area contributed by atoms with Crippen LogP contribution in [-0.2, 0) is 0 Å². The molecule has 0 atom stereocenters. The van der Waals surface area contributed by atoms with Crippen LogP contribution in [0.1, 0.15) is 19.3 Å². The Kier molecular flexibility index (Phi) is 6.21. The quantitative estimate of drug-likeness (QED) is 0.828. The van der Waals surface area contributed by atoms with E-state index in [1.165, 1.54) is 51.1 Å². The van der Waals surface area contributed by atoms with Crippen LogP contribution < -0.4 is 15.0 Å². The first-order valence-electron chi connectivity index (χ1n) is 9.35. The van der Waals surface area contributed by atoms with E-state index in [-0.39, 0.29) is 0 Å². The predicted octanol–water partition coefficient (Wildman–Crippen LogP) is 2.34. The average molecular weight is 332 g/mol. The molecule has 1 aromatic rings. The number of benzene rings is 1. The van der Waals surface area contributed by atoms with E-state index < -0.39 is 0 Å². The third-order valence-electron chi connectivity index (χ3n) is 5.34. The molecule has 134 valence electrons. The lowest BCUT2D eigenvalue weighted by Gasteiger charge is -2.36. The maximum absolute atomic E-state index is 5.49. The molecule has 0 aliphatic carbocycles. The van der Waals surface area contributed by atoms with Crippen LogP contribution in [0.25, 0.3) is 0 Å². The third kappa shape index (κ3) is 4.33. The Morgan fingerprint density at radius 3 is 2.25 bits per heavy atom. The molecule has 0 radical (unpaired) electrons.